The van der Waals surface area contributed by atoms with Gasteiger partial charge in [-0.15, -0.1) is 0 Å². The van der Waals surface area contributed by atoms with E-state index in [1.54, 1.807) is 0 Å². The summed E-state index contributed by atoms with van der Waals surface area (Å²) in [6.07, 6.45) is 7.93. The minimum Gasteiger partial charge on any atom is -0.368 e. The second-order valence-electron chi connectivity index (χ2n) is 5.76. The summed E-state index contributed by atoms with van der Waals surface area (Å²) in [5, 5.41) is 3.32. The number of amides is 1. The van der Waals surface area contributed by atoms with Crippen LogP contribution < -0.4 is 11.1 Å². The van der Waals surface area contributed by atoms with Crippen molar-refractivity contribution < 1.29 is 4.79 Å². The fourth-order valence-corrected chi connectivity index (χ4v) is 2.16. The summed E-state index contributed by atoms with van der Waals surface area (Å²) in [7, 11) is 0. The van der Waals surface area contributed by atoms with Gasteiger partial charge in [-0.1, -0.05) is 32.9 Å². The molecule has 3 nitrogen and oxygen atoms in total. The van der Waals surface area contributed by atoms with Crippen molar-refractivity contribution in [3.63, 3.8) is 0 Å². The number of rotatable bonds is 4. The van der Waals surface area contributed by atoms with E-state index in [9.17, 15) is 4.79 Å². The summed E-state index contributed by atoms with van der Waals surface area (Å²) >= 11 is 0. The first kappa shape index (κ1) is 13.2. The van der Waals surface area contributed by atoms with Gasteiger partial charge in [-0.25, -0.2) is 0 Å². The maximum atomic E-state index is 11.4. The lowest BCUT2D eigenvalue weighted by molar-refractivity contribution is -0.122. The Hall–Kier alpha value is -0.830. The monoisotopic (exact) mass is 224 g/mol. The van der Waals surface area contributed by atoms with E-state index in [0.717, 1.165) is 19.4 Å². The Morgan fingerprint density at radius 3 is 2.62 bits per heavy atom. The van der Waals surface area contributed by atoms with Crippen molar-refractivity contribution >= 4 is 5.91 Å². The molecule has 92 valence electrons. The molecule has 1 amide bonds. The van der Waals surface area contributed by atoms with Gasteiger partial charge < -0.3 is 11.1 Å². The van der Waals surface area contributed by atoms with Crippen LogP contribution in [0.25, 0.3) is 0 Å². The van der Waals surface area contributed by atoms with Crippen LogP contribution in [0.2, 0.25) is 0 Å². The largest absolute Gasteiger partial charge is 0.368 e. The zero-order valence-corrected chi connectivity index (χ0v) is 10.6. The Labute approximate surface area is 98.5 Å². The maximum absolute atomic E-state index is 11.4. The lowest BCUT2D eigenvalue weighted by atomic mass is 9.85. The Morgan fingerprint density at radius 1 is 1.50 bits per heavy atom. The molecule has 0 unspecified atom stereocenters. The summed E-state index contributed by atoms with van der Waals surface area (Å²) in [6.45, 7) is 7.00. The number of hydrogen-bond donors (Lipinski definition) is 2. The Morgan fingerprint density at radius 2 is 2.19 bits per heavy atom. The molecule has 0 heterocycles. The first-order valence-electron chi connectivity index (χ1n) is 6.09. The van der Waals surface area contributed by atoms with Crippen molar-refractivity contribution in [1.82, 2.24) is 5.32 Å². The number of nitrogens with one attached hydrogen (secondary N) is 1. The molecule has 3 heteroatoms. The van der Waals surface area contributed by atoms with Crippen LogP contribution in [0.4, 0.5) is 0 Å². The molecular formula is C13H24N2O. The Kier molecular flexibility index (Phi) is 4.54. The summed E-state index contributed by atoms with van der Waals surface area (Å²) < 4.78 is 0. The summed E-state index contributed by atoms with van der Waals surface area (Å²) in [5.41, 5.74) is 5.31. The molecule has 0 saturated heterocycles. The van der Waals surface area contributed by atoms with Crippen molar-refractivity contribution in [1.29, 1.82) is 0 Å². The first-order valence-corrected chi connectivity index (χ1v) is 6.09. The van der Waals surface area contributed by atoms with Crippen molar-refractivity contribution in [3.8, 4) is 0 Å². The smallest absolute Gasteiger partial charge is 0.235 e. The predicted octanol–water partition coefficient (Wildman–Crippen LogP) is 1.83. The van der Waals surface area contributed by atoms with E-state index in [0.29, 0.717) is 5.92 Å². The van der Waals surface area contributed by atoms with Crippen LogP contribution in [0, 0.1) is 11.3 Å². The highest BCUT2D eigenvalue weighted by molar-refractivity contribution is 5.80. The van der Waals surface area contributed by atoms with Gasteiger partial charge in [-0.05, 0) is 37.1 Å². The highest BCUT2D eigenvalue weighted by atomic mass is 16.1. The number of carbonyl (C=O) groups excluding carboxylic acids is 1. The van der Waals surface area contributed by atoms with Crippen molar-refractivity contribution in [2.75, 3.05) is 6.54 Å². The number of allylic oxidation sites excluding steroid dienone is 2. The van der Waals surface area contributed by atoms with Crippen LogP contribution in [-0.4, -0.2) is 18.5 Å². The molecule has 0 aliphatic heterocycles. The molecule has 2 atom stereocenters. The van der Waals surface area contributed by atoms with Crippen molar-refractivity contribution in [2.24, 2.45) is 17.1 Å². The van der Waals surface area contributed by atoms with E-state index in [2.05, 4.69) is 17.5 Å². The van der Waals surface area contributed by atoms with Crippen LogP contribution in [0.15, 0.2) is 12.2 Å². The minimum absolute atomic E-state index is 0.115. The van der Waals surface area contributed by atoms with E-state index in [-0.39, 0.29) is 17.4 Å². The second-order valence-corrected chi connectivity index (χ2v) is 5.76. The molecule has 3 N–H and O–H groups in total. The standard InChI is InChI=1S/C13H24N2O/c1-13(2,3)11(12(14)16)15-9-10-7-5-4-6-8-10/h4-5,10-11,15H,6-9H2,1-3H3,(H2,14,16)/t10-,11+/m1/s1. The van der Waals surface area contributed by atoms with Crippen LogP contribution in [-0.2, 0) is 4.79 Å². The molecule has 1 aliphatic carbocycles. The SMILES string of the molecule is CC(C)(C)[C@@H](NC[C@@H]1CC=CCC1)C(N)=O. The van der Waals surface area contributed by atoms with Gasteiger partial charge in [0.15, 0.2) is 0 Å². The van der Waals surface area contributed by atoms with E-state index >= 15 is 0 Å². The zero-order valence-electron chi connectivity index (χ0n) is 10.6. The third-order valence-electron chi connectivity index (χ3n) is 3.14. The molecular weight excluding hydrogens is 200 g/mol. The van der Waals surface area contributed by atoms with E-state index in [1.807, 2.05) is 20.8 Å². The molecule has 16 heavy (non-hydrogen) atoms. The van der Waals surface area contributed by atoms with Crippen LogP contribution >= 0.6 is 0 Å². The predicted molar refractivity (Wildman–Crippen MR) is 66.9 cm³/mol. The van der Waals surface area contributed by atoms with Gasteiger partial charge in [0.05, 0.1) is 6.04 Å². The van der Waals surface area contributed by atoms with Gasteiger partial charge in [-0.3, -0.25) is 4.79 Å². The first-order chi connectivity index (χ1) is 7.41. The highest BCUT2D eigenvalue weighted by Gasteiger charge is 2.29. The summed E-state index contributed by atoms with van der Waals surface area (Å²) in [4.78, 5) is 11.4. The molecule has 0 saturated carbocycles. The minimum atomic E-state index is -0.251. The maximum Gasteiger partial charge on any atom is 0.235 e. The Bertz CT molecular complexity index is 266. The summed E-state index contributed by atoms with van der Waals surface area (Å²) in [5.74, 6) is 0.396. The topological polar surface area (TPSA) is 55.1 Å². The van der Waals surface area contributed by atoms with Gasteiger partial charge in [0.2, 0.25) is 5.91 Å². The number of nitrogens with two attached hydrogens (primary N) is 1. The molecule has 1 rings (SSSR count). The van der Waals surface area contributed by atoms with E-state index < -0.39 is 0 Å². The normalized spacial score (nSPS) is 23.1. The lowest BCUT2D eigenvalue weighted by Crippen LogP contribution is -2.51. The summed E-state index contributed by atoms with van der Waals surface area (Å²) in [6, 6.07) is -0.238. The lowest BCUT2D eigenvalue weighted by Gasteiger charge is -2.30. The quantitative estimate of drug-likeness (QED) is 0.716. The van der Waals surface area contributed by atoms with Crippen LogP contribution in [0.1, 0.15) is 40.0 Å². The molecule has 0 aromatic carbocycles. The molecule has 1 aliphatic rings. The number of primary amides is 1. The van der Waals surface area contributed by atoms with Crippen LogP contribution in [0.3, 0.4) is 0 Å². The molecule has 0 bridgehead atoms. The average Bonchev–Trinajstić information content (AvgIpc) is 2.17. The van der Waals surface area contributed by atoms with Crippen molar-refractivity contribution in [2.45, 2.75) is 46.1 Å². The van der Waals surface area contributed by atoms with Gasteiger partial charge in [0.25, 0.3) is 0 Å². The van der Waals surface area contributed by atoms with Gasteiger partial charge >= 0.3 is 0 Å². The van der Waals surface area contributed by atoms with Gasteiger partial charge in [0, 0.05) is 0 Å². The number of carbonyl (C=O) groups is 1. The molecule has 0 radical (unpaired) electrons. The molecule has 0 spiro atoms. The van der Waals surface area contributed by atoms with Gasteiger partial charge in [-0.2, -0.15) is 0 Å². The highest BCUT2D eigenvalue weighted by Crippen LogP contribution is 2.21. The Balaban J connectivity index is 2.44. The number of hydrogen-bond acceptors (Lipinski definition) is 2. The van der Waals surface area contributed by atoms with E-state index in [4.69, 9.17) is 5.73 Å². The molecule has 0 aromatic rings. The second kappa shape index (κ2) is 5.48. The third kappa shape index (κ3) is 3.97. The average molecular weight is 224 g/mol. The van der Waals surface area contributed by atoms with Crippen LogP contribution in [0.5, 0.6) is 0 Å². The fourth-order valence-electron chi connectivity index (χ4n) is 2.16. The fraction of sp³-hybridized carbons (Fsp3) is 0.769. The molecule has 0 fully saturated rings. The third-order valence-corrected chi connectivity index (χ3v) is 3.14. The van der Waals surface area contributed by atoms with E-state index in [1.165, 1.54) is 6.42 Å². The van der Waals surface area contributed by atoms with Crippen molar-refractivity contribution in [3.05, 3.63) is 12.2 Å². The van der Waals surface area contributed by atoms with Gasteiger partial charge in [0.1, 0.15) is 0 Å². The molecule has 0 aromatic heterocycles. The zero-order chi connectivity index (χ0) is 12.2.